The van der Waals surface area contributed by atoms with Crippen LogP contribution in [0.5, 0.6) is 0 Å². The molecule has 0 bridgehead atoms. The molecule has 0 saturated heterocycles. The van der Waals surface area contributed by atoms with Crippen LogP contribution in [0, 0.1) is 0 Å². The second-order valence-corrected chi connectivity index (χ2v) is 5.46. The molecule has 108 valence electrons. The highest BCUT2D eigenvalue weighted by Gasteiger charge is 2.22. The molecule has 2 aromatic carbocycles. The minimum atomic E-state index is -0.0613. The van der Waals surface area contributed by atoms with Gasteiger partial charge in [0.2, 0.25) is 5.91 Å². The van der Waals surface area contributed by atoms with Crippen molar-refractivity contribution in [1.29, 1.82) is 0 Å². The standard InChI is InChI=1S/C17H19N3O/c1-11(21)19-14-3-2-4-15(10-14)20-17-8-5-12-9-13(18)6-7-16(12)17/h2-4,6-7,9-10,17,20H,5,8,18H2,1H3,(H,19,21). The van der Waals surface area contributed by atoms with Crippen molar-refractivity contribution in [2.45, 2.75) is 25.8 Å². The predicted molar refractivity (Wildman–Crippen MR) is 86.3 cm³/mol. The van der Waals surface area contributed by atoms with Crippen molar-refractivity contribution in [3.8, 4) is 0 Å². The maximum Gasteiger partial charge on any atom is 0.221 e. The lowest BCUT2D eigenvalue weighted by molar-refractivity contribution is -0.114. The van der Waals surface area contributed by atoms with Crippen molar-refractivity contribution in [3.05, 3.63) is 53.6 Å². The molecule has 21 heavy (non-hydrogen) atoms. The highest BCUT2D eigenvalue weighted by atomic mass is 16.1. The summed E-state index contributed by atoms with van der Waals surface area (Å²) in [5.74, 6) is -0.0613. The summed E-state index contributed by atoms with van der Waals surface area (Å²) in [6.45, 7) is 1.51. The van der Waals surface area contributed by atoms with Crippen LogP contribution in [0.25, 0.3) is 0 Å². The lowest BCUT2D eigenvalue weighted by Gasteiger charge is -2.16. The quantitative estimate of drug-likeness (QED) is 0.756. The second kappa shape index (κ2) is 5.48. The molecule has 2 aromatic rings. The number of hydrogen-bond donors (Lipinski definition) is 3. The number of nitrogens with two attached hydrogens (primary N) is 1. The normalized spacial score (nSPS) is 16.3. The topological polar surface area (TPSA) is 67.2 Å². The summed E-state index contributed by atoms with van der Waals surface area (Å²) in [4.78, 5) is 11.1. The third-order valence-electron chi connectivity index (χ3n) is 3.77. The van der Waals surface area contributed by atoms with Gasteiger partial charge in [-0.05, 0) is 54.3 Å². The Labute approximate surface area is 124 Å². The number of fused-ring (bicyclic) bond motifs is 1. The van der Waals surface area contributed by atoms with E-state index in [4.69, 9.17) is 5.73 Å². The number of benzene rings is 2. The Bertz CT molecular complexity index is 681. The molecule has 0 fully saturated rings. The molecule has 1 aliphatic rings. The van der Waals surface area contributed by atoms with E-state index in [1.165, 1.54) is 18.1 Å². The van der Waals surface area contributed by atoms with E-state index >= 15 is 0 Å². The number of carbonyl (C=O) groups excluding carboxylic acids is 1. The Kier molecular flexibility index (Phi) is 3.52. The molecule has 0 aliphatic heterocycles. The van der Waals surface area contributed by atoms with Crippen LogP contribution in [-0.2, 0) is 11.2 Å². The predicted octanol–water partition coefficient (Wildman–Crippen LogP) is 3.33. The number of nitrogens with one attached hydrogen (secondary N) is 2. The number of carbonyl (C=O) groups is 1. The largest absolute Gasteiger partial charge is 0.399 e. The van der Waals surface area contributed by atoms with E-state index in [0.717, 1.165) is 29.9 Å². The van der Waals surface area contributed by atoms with Crippen LogP contribution in [0.2, 0.25) is 0 Å². The van der Waals surface area contributed by atoms with Crippen LogP contribution in [-0.4, -0.2) is 5.91 Å². The number of hydrogen-bond acceptors (Lipinski definition) is 3. The summed E-state index contributed by atoms with van der Waals surface area (Å²) < 4.78 is 0. The van der Waals surface area contributed by atoms with Gasteiger partial charge in [-0.25, -0.2) is 0 Å². The number of anilines is 3. The zero-order chi connectivity index (χ0) is 14.8. The van der Waals surface area contributed by atoms with Crippen molar-refractivity contribution >= 4 is 23.0 Å². The van der Waals surface area contributed by atoms with E-state index in [1.807, 2.05) is 30.3 Å². The molecule has 0 spiro atoms. The summed E-state index contributed by atoms with van der Waals surface area (Å²) in [5, 5.41) is 6.34. The van der Waals surface area contributed by atoms with Gasteiger partial charge in [-0.3, -0.25) is 4.79 Å². The van der Waals surface area contributed by atoms with E-state index in [-0.39, 0.29) is 5.91 Å². The minimum absolute atomic E-state index is 0.0613. The van der Waals surface area contributed by atoms with Crippen LogP contribution < -0.4 is 16.4 Å². The number of amides is 1. The Balaban J connectivity index is 1.78. The van der Waals surface area contributed by atoms with Gasteiger partial charge in [0.1, 0.15) is 0 Å². The Morgan fingerprint density at radius 3 is 2.81 bits per heavy atom. The lowest BCUT2D eigenvalue weighted by atomic mass is 10.1. The van der Waals surface area contributed by atoms with Gasteiger partial charge >= 0.3 is 0 Å². The monoisotopic (exact) mass is 281 g/mol. The second-order valence-electron chi connectivity index (χ2n) is 5.46. The summed E-state index contributed by atoms with van der Waals surface area (Å²) in [5.41, 5.74) is 11.1. The van der Waals surface area contributed by atoms with E-state index < -0.39 is 0 Å². The van der Waals surface area contributed by atoms with Gasteiger partial charge in [-0.1, -0.05) is 12.1 Å². The van der Waals surface area contributed by atoms with Crippen LogP contribution >= 0.6 is 0 Å². The Morgan fingerprint density at radius 2 is 2.00 bits per heavy atom. The molecule has 0 radical (unpaired) electrons. The Hall–Kier alpha value is -2.49. The maximum atomic E-state index is 11.1. The van der Waals surface area contributed by atoms with Crippen LogP contribution in [0.1, 0.15) is 30.5 Å². The number of nitrogen functional groups attached to an aromatic ring is 1. The minimum Gasteiger partial charge on any atom is -0.399 e. The average Bonchev–Trinajstić information content (AvgIpc) is 2.80. The Morgan fingerprint density at radius 1 is 1.19 bits per heavy atom. The highest BCUT2D eigenvalue weighted by Crippen LogP contribution is 2.35. The van der Waals surface area contributed by atoms with Crippen LogP contribution in [0.3, 0.4) is 0 Å². The smallest absolute Gasteiger partial charge is 0.221 e. The fraction of sp³-hybridized carbons (Fsp3) is 0.235. The van der Waals surface area contributed by atoms with Crippen LogP contribution in [0.15, 0.2) is 42.5 Å². The maximum absolute atomic E-state index is 11.1. The molecule has 4 nitrogen and oxygen atoms in total. The first-order chi connectivity index (χ1) is 10.1. The van der Waals surface area contributed by atoms with Crippen molar-refractivity contribution < 1.29 is 4.79 Å². The number of rotatable bonds is 3. The van der Waals surface area contributed by atoms with Gasteiger partial charge in [0.05, 0.1) is 6.04 Å². The van der Waals surface area contributed by atoms with Gasteiger partial charge in [-0.15, -0.1) is 0 Å². The van der Waals surface area contributed by atoms with E-state index in [9.17, 15) is 4.79 Å². The van der Waals surface area contributed by atoms with Crippen molar-refractivity contribution in [2.24, 2.45) is 0 Å². The van der Waals surface area contributed by atoms with Crippen molar-refractivity contribution in [2.75, 3.05) is 16.4 Å². The summed E-state index contributed by atoms with van der Waals surface area (Å²) in [7, 11) is 0. The average molecular weight is 281 g/mol. The molecule has 1 aliphatic carbocycles. The summed E-state index contributed by atoms with van der Waals surface area (Å²) in [6.07, 6.45) is 2.10. The molecule has 4 heteroatoms. The van der Waals surface area contributed by atoms with E-state index in [2.05, 4.69) is 22.8 Å². The molecular formula is C17H19N3O. The van der Waals surface area contributed by atoms with Gasteiger partial charge in [0.15, 0.2) is 0 Å². The molecule has 0 heterocycles. The van der Waals surface area contributed by atoms with Gasteiger partial charge in [-0.2, -0.15) is 0 Å². The molecule has 1 atom stereocenters. The fourth-order valence-electron chi connectivity index (χ4n) is 2.88. The van der Waals surface area contributed by atoms with Gasteiger partial charge in [0, 0.05) is 24.0 Å². The molecule has 0 saturated carbocycles. The molecule has 1 amide bonds. The summed E-state index contributed by atoms with van der Waals surface area (Å²) in [6, 6.07) is 14.2. The third-order valence-corrected chi connectivity index (χ3v) is 3.77. The van der Waals surface area contributed by atoms with Gasteiger partial charge in [0.25, 0.3) is 0 Å². The number of aryl methyl sites for hydroxylation is 1. The molecular weight excluding hydrogens is 262 g/mol. The summed E-state index contributed by atoms with van der Waals surface area (Å²) >= 11 is 0. The zero-order valence-corrected chi connectivity index (χ0v) is 12.0. The van der Waals surface area contributed by atoms with Crippen molar-refractivity contribution in [3.63, 3.8) is 0 Å². The lowest BCUT2D eigenvalue weighted by Crippen LogP contribution is -2.09. The highest BCUT2D eigenvalue weighted by molar-refractivity contribution is 5.89. The SMILES string of the molecule is CC(=O)Nc1cccc(NC2CCc3cc(N)ccc32)c1. The fourth-order valence-corrected chi connectivity index (χ4v) is 2.88. The first-order valence-electron chi connectivity index (χ1n) is 7.14. The van der Waals surface area contributed by atoms with E-state index in [1.54, 1.807) is 0 Å². The first kappa shape index (κ1) is 13.5. The molecule has 1 unspecified atom stereocenters. The third kappa shape index (κ3) is 2.99. The van der Waals surface area contributed by atoms with Crippen molar-refractivity contribution in [1.82, 2.24) is 0 Å². The molecule has 4 N–H and O–H groups in total. The zero-order valence-electron chi connectivity index (χ0n) is 12.0. The van der Waals surface area contributed by atoms with Crippen LogP contribution in [0.4, 0.5) is 17.1 Å². The molecule has 0 aromatic heterocycles. The van der Waals surface area contributed by atoms with E-state index in [0.29, 0.717) is 6.04 Å². The van der Waals surface area contributed by atoms with Gasteiger partial charge < -0.3 is 16.4 Å². The first-order valence-corrected chi connectivity index (χ1v) is 7.14. The molecule has 3 rings (SSSR count).